The number of rotatable bonds is 3. The van der Waals surface area contributed by atoms with Gasteiger partial charge in [0.05, 0.1) is 11.1 Å². The molecule has 0 unspecified atom stereocenters. The molecule has 4 nitrogen and oxygen atoms in total. The van der Waals surface area contributed by atoms with Crippen molar-refractivity contribution in [2.24, 2.45) is 0 Å². The number of benzene rings is 2. The third-order valence-electron chi connectivity index (χ3n) is 2.73. The minimum atomic E-state index is -4.89. The van der Waals surface area contributed by atoms with E-state index in [-0.39, 0.29) is 11.6 Å². The molecule has 0 heterocycles. The molecule has 0 amide bonds. The lowest BCUT2D eigenvalue weighted by molar-refractivity contribution is -0.137. The average Bonchev–Trinajstić information content (AvgIpc) is 2.46. The van der Waals surface area contributed by atoms with Crippen molar-refractivity contribution in [3.63, 3.8) is 0 Å². The van der Waals surface area contributed by atoms with E-state index in [1.807, 2.05) is 0 Å². The van der Waals surface area contributed by atoms with E-state index in [2.05, 4.69) is 4.18 Å². The van der Waals surface area contributed by atoms with Gasteiger partial charge in [-0.15, -0.1) is 0 Å². The second-order valence-corrected chi connectivity index (χ2v) is 5.80. The number of hydrogen-bond donors (Lipinski definition) is 0. The van der Waals surface area contributed by atoms with Crippen molar-refractivity contribution in [2.75, 3.05) is 0 Å². The van der Waals surface area contributed by atoms with Crippen LogP contribution in [-0.2, 0) is 16.3 Å². The molecule has 0 fully saturated rings. The molecule has 0 saturated carbocycles. The Morgan fingerprint density at radius 3 is 2.35 bits per heavy atom. The van der Waals surface area contributed by atoms with Gasteiger partial charge in [-0.3, -0.25) is 0 Å². The Kier molecular flexibility index (Phi) is 4.29. The average molecular weight is 345 g/mol. The third kappa shape index (κ3) is 3.60. The lowest BCUT2D eigenvalue weighted by atomic mass is 10.2. The molecule has 0 aliphatic rings. The van der Waals surface area contributed by atoms with Crippen LogP contribution in [0.5, 0.6) is 5.75 Å². The largest absolute Gasteiger partial charge is 0.416 e. The van der Waals surface area contributed by atoms with Gasteiger partial charge >= 0.3 is 16.3 Å². The molecule has 2 aromatic carbocycles. The van der Waals surface area contributed by atoms with Gasteiger partial charge in [-0.25, -0.2) is 4.39 Å². The van der Waals surface area contributed by atoms with E-state index in [1.165, 1.54) is 18.2 Å². The van der Waals surface area contributed by atoms with Gasteiger partial charge in [-0.2, -0.15) is 26.9 Å². The van der Waals surface area contributed by atoms with Crippen LogP contribution in [0.25, 0.3) is 0 Å². The number of nitrogens with zero attached hydrogens (tertiary/aromatic N) is 1. The Labute approximate surface area is 128 Å². The van der Waals surface area contributed by atoms with Gasteiger partial charge in [0.1, 0.15) is 16.8 Å². The van der Waals surface area contributed by atoms with Gasteiger partial charge in [0.25, 0.3) is 0 Å². The number of alkyl halides is 3. The lowest BCUT2D eigenvalue weighted by Gasteiger charge is -2.11. The summed E-state index contributed by atoms with van der Waals surface area (Å²) in [6.07, 6.45) is -4.84. The molecule has 0 bridgehead atoms. The van der Waals surface area contributed by atoms with Gasteiger partial charge < -0.3 is 4.18 Å². The number of halogens is 4. The van der Waals surface area contributed by atoms with Crippen molar-refractivity contribution in [1.82, 2.24) is 0 Å². The highest BCUT2D eigenvalue weighted by Gasteiger charge is 2.33. The van der Waals surface area contributed by atoms with Crippen LogP contribution in [0.15, 0.2) is 47.4 Å². The molecule has 0 aliphatic carbocycles. The van der Waals surface area contributed by atoms with E-state index in [4.69, 9.17) is 5.26 Å². The fraction of sp³-hybridized carbons (Fsp3) is 0.0714. The molecule has 0 N–H and O–H groups in total. The molecule has 23 heavy (non-hydrogen) atoms. The summed E-state index contributed by atoms with van der Waals surface area (Å²) < 4.78 is 80.2. The maximum atomic E-state index is 13.6. The first-order chi connectivity index (χ1) is 10.6. The molecule has 120 valence electrons. The predicted octanol–water partition coefficient (Wildman–Crippen LogP) is 3.48. The van der Waals surface area contributed by atoms with Gasteiger partial charge in [-0.1, -0.05) is 12.1 Å². The number of nitriles is 1. The van der Waals surface area contributed by atoms with Gasteiger partial charge in [0, 0.05) is 0 Å². The summed E-state index contributed by atoms with van der Waals surface area (Å²) in [5.74, 6) is -1.81. The van der Waals surface area contributed by atoms with Crippen molar-refractivity contribution in [2.45, 2.75) is 11.1 Å². The summed E-state index contributed by atoms with van der Waals surface area (Å²) in [6, 6.07) is 7.75. The molecule has 0 aromatic heterocycles. The van der Waals surface area contributed by atoms with E-state index < -0.39 is 38.3 Å². The summed E-state index contributed by atoms with van der Waals surface area (Å²) in [5, 5.41) is 8.84. The zero-order valence-corrected chi connectivity index (χ0v) is 12.0. The Hall–Kier alpha value is -2.60. The maximum Gasteiger partial charge on any atom is 0.416 e. The van der Waals surface area contributed by atoms with Crippen LogP contribution >= 0.6 is 0 Å². The Balaban J connectivity index is 2.50. The normalized spacial score (nSPS) is 11.8. The van der Waals surface area contributed by atoms with Crippen molar-refractivity contribution >= 4 is 10.1 Å². The fourth-order valence-electron chi connectivity index (χ4n) is 1.67. The van der Waals surface area contributed by atoms with E-state index >= 15 is 0 Å². The zero-order valence-electron chi connectivity index (χ0n) is 11.1. The lowest BCUT2D eigenvalue weighted by Crippen LogP contribution is -2.14. The van der Waals surface area contributed by atoms with E-state index in [0.717, 1.165) is 6.07 Å². The first-order valence-electron chi connectivity index (χ1n) is 5.95. The van der Waals surface area contributed by atoms with E-state index in [1.54, 1.807) is 6.07 Å². The number of para-hydroxylation sites is 1. The van der Waals surface area contributed by atoms with Crippen molar-refractivity contribution < 1.29 is 30.2 Å². The molecular weight excluding hydrogens is 338 g/mol. The molecule has 0 atom stereocenters. The van der Waals surface area contributed by atoms with Crippen LogP contribution in [0.2, 0.25) is 0 Å². The number of hydrogen-bond acceptors (Lipinski definition) is 4. The molecular formula is C14H7F4NO3S. The predicted molar refractivity (Wildman–Crippen MR) is 70.4 cm³/mol. The highest BCUT2D eigenvalue weighted by molar-refractivity contribution is 7.87. The molecule has 0 radical (unpaired) electrons. The molecule has 0 aliphatic heterocycles. The summed E-state index contributed by atoms with van der Waals surface area (Å²) in [5.41, 5.74) is -1.50. The van der Waals surface area contributed by atoms with Crippen molar-refractivity contribution in [3.8, 4) is 11.8 Å². The standard InChI is InChI=1S/C14H7F4NO3S/c15-11-6-5-10(14(16,17)18)7-13(11)23(20,21)22-12-4-2-1-3-9(12)8-19/h1-7H. The molecule has 2 rings (SSSR count). The highest BCUT2D eigenvalue weighted by Crippen LogP contribution is 2.32. The highest BCUT2D eigenvalue weighted by atomic mass is 32.2. The van der Waals surface area contributed by atoms with Crippen LogP contribution < -0.4 is 4.18 Å². The molecule has 0 saturated heterocycles. The monoisotopic (exact) mass is 345 g/mol. The van der Waals surface area contributed by atoms with E-state index in [9.17, 15) is 26.0 Å². The van der Waals surface area contributed by atoms with Gasteiger partial charge in [-0.05, 0) is 30.3 Å². The second-order valence-electron chi connectivity index (χ2n) is 4.29. The van der Waals surface area contributed by atoms with Crippen LogP contribution in [0.4, 0.5) is 17.6 Å². The van der Waals surface area contributed by atoms with Gasteiger partial charge in [0.15, 0.2) is 5.75 Å². The van der Waals surface area contributed by atoms with Crippen LogP contribution in [-0.4, -0.2) is 8.42 Å². The molecule has 2 aromatic rings. The second kappa shape index (κ2) is 5.89. The Morgan fingerprint density at radius 2 is 1.74 bits per heavy atom. The first kappa shape index (κ1) is 16.8. The fourth-order valence-corrected chi connectivity index (χ4v) is 2.72. The van der Waals surface area contributed by atoms with Crippen molar-refractivity contribution in [3.05, 3.63) is 59.4 Å². The van der Waals surface area contributed by atoms with E-state index in [0.29, 0.717) is 12.1 Å². The minimum Gasteiger partial charge on any atom is -0.377 e. The minimum absolute atomic E-state index is 0.139. The summed E-state index contributed by atoms with van der Waals surface area (Å²) in [6.45, 7) is 0. The Morgan fingerprint density at radius 1 is 1.09 bits per heavy atom. The van der Waals surface area contributed by atoms with Crippen molar-refractivity contribution in [1.29, 1.82) is 5.26 Å². The quantitative estimate of drug-likeness (QED) is 0.631. The summed E-state index contributed by atoms with van der Waals surface area (Å²) in [7, 11) is -4.89. The SMILES string of the molecule is N#Cc1ccccc1OS(=O)(=O)c1cc(C(F)(F)F)ccc1F. The Bertz CT molecular complexity index is 886. The zero-order chi connectivity index (χ0) is 17.3. The van der Waals surface area contributed by atoms with Crippen LogP contribution in [0.3, 0.4) is 0 Å². The topological polar surface area (TPSA) is 67.2 Å². The molecule has 9 heteroatoms. The maximum absolute atomic E-state index is 13.6. The smallest absolute Gasteiger partial charge is 0.377 e. The summed E-state index contributed by atoms with van der Waals surface area (Å²) in [4.78, 5) is -1.26. The van der Waals surface area contributed by atoms with Crippen LogP contribution in [0.1, 0.15) is 11.1 Å². The first-order valence-corrected chi connectivity index (χ1v) is 7.36. The molecule has 0 spiro atoms. The summed E-state index contributed by atoms with van der Waals surface area (Å²) >= 11 is 0. The van der Waals surface area contributed by atoms with Gasteiger partial charge in [0.2, 0.25) is 0 Å². The third-order valence-corrected chi connectivity index (χ3v) is 3.99. The van der Waals surface area contributed by atoms with Crippen LogP contribution in [0, 0.1) is 17.1 Å².